The number of hydrogen-bond donors (Lipinski definition) is 0. The third kappa shape index (κ3) is 5.18. The summed E-state index contributed by atoms with van der Waals surface area (Å²) in [6.45, 7) is 8.65. The standard InChI is InChI=1S/C50H35N3OS.C2H6/c1-28-16-20-35-33(24-28)19-23-42-45(35)39-26-34(18-22-41(39)54-42)36-21-17-29(2)44-38-25-31-12-6-7-13-32(31)27-40(38)53(48(36)44)50-51-46(30-10-4-3-5-11-30)49-47(52-50)37-14-8-9-15-43(37)55-49;1-2/h3-16,18-23,25-29H,17,24H2,1-2H3;1-2H3. The van der Waals surface area contributed by atoms with Crippen LogP contribution in [0, 0.1) is 5.92 Å². The van der Waals surface area contributed by atoms with Crippen LogP contribution in [-0.4, -0.2) is 14.5 Å². The molecule has 0 bridgehead atoms. The normalized spacial score (nSPS) is 16.3. The topological polar surface area (TPSA) is 43.9 Å². The molecule has 4 heterocycles. The minimum absolute atomic E-state index is 0.306. The number of hydrogen-bond acceptors (Lipinski definition) is 4. The van der Waals surface area contributed by atoms with Gasteiger partial charge in [0.2, 0.25) is 5.95 Å². The van der Waals surface area contributed by atoms with Crippen LogP contribution in [-0.2, 0) is 6.42 Å². The summed E-state index contributed by atoms with van der Waals surface area (Å²) in [7, 11) is 0. The van der Waals surface area contributed by atoms with Crippen molar-refractivity contribution in [3.8, 4) is 17.2 Å². The maximum atomic E-state index is 6.51. The zero-order valence-electron chi connectivity index (χ0n) is 32.5. The van der Waals surface area contributed by atoms with E-state index < -0.39 is 0 Å². The molecular formula is C52H41N3OS. The highest BCUT2D eigenvalue weighted by atomic mass is 32.1. The lowest BCUT2D eigenvalue weighted by atomic mass is 9.83. The molecule has 0 aliphatic heterocycles. The molecule has 0 spiro atoms. The molecule has 2 unspecified atom stereocenters. The molecule has 0 N–H and O–H groups in total. The summed E-state index contributed by atoms with van der Waals surface area (Å²) < 4.78 is 11.2. The number of nitrogens with zero attached hydrogens (tertiary/aromatic N) is 3. The Morgan fingerprint density at radius 3 is 2.35 bits per heavy atom. The highest BCUT2D eigenvalue weighted by molar-refractivity contribution is 7.26. The molecule has 5 heteroatoms. The molecule has 0 amide bonds. The highest BCUT2D eigenvalue weighted by Gasteiger charge is 2.31. The van der Waals surface area contributed by atoms with E-state index in [0.717, 1.165) is 61.8 Å². The lowest BCUT2D eigenvalue weighted by molar-refractivity contribution is 0.667. The van der Waals surface area contributed by atoms with E-state index in [-0.39, 0.29) is 0 Å². The van der Waals surface area contributed by atoms with E-state index in [4.69, 9.17) is 14.4 Å². The number of rotatable bonds is 3. The van der Waals surface area contributed by atoms with Crippen LogP contribution in [0.15, 0.2) is 138 Å². The zero-order valence-corrected chi connectivity index (χ0v) is 33.3. The lowest BCUT2D eigenvalue weighted by Gasteiger charge is -2.23. The average molecular weight is 756 g/mol. The predicted molar refractivity (Wildman–Crippen MR) is 242 cm³/mol. The summed E-state index contributed by atoms with van der Waals surface area (Å²) in [5, 5.41) is 7.23. The van der Waals surface area contributed by atoms with E-state index in [1.54, 1.807) is 11.3 Å². The van der Waals surface area contributed by atoms with Crippen LogP contribution in [0.5, 0.6) is 0 Å². The van der Waals surface area contributed by atoms with Gasteiger partial charge in [-0.05, 0) is 94.1 Å². The fraction of sp³-hybridized carbons (Fsp3) is 0.154. The van der Waals surface area contributed by atoms with Crippen molar-refractivity contribution in [2.45, 2.75) is 46.5 Å². The summed E-state index contributed by atoms with van der Waals surface area (Å²) in [5.74, 6) is 1.53. The first-order valence-corrected chi connectivity index (χ1v) is 21.1. The maximum absolute atomic E-state index is 6.51. The van der Waals surface area contributed by atoms with Gasteiger partial charge >= 0.3 is 0 Å². The Labute approximate surface area is 335 Å². The number of thiophene rings is 1. The van der Waals surface area contributed by atoms with Crippen molar-refractivity contribution in [1.29, 1.82) is 0 Å². The average Bonchev–Trinajstić information content (AvgIpc) is 3.93. The van der Waals surface area contributed by atoms with E-state index in [1.807, 2.05) is 13.8 Å². The summed E-state index contributed by atoms with van der Waals surface area (Å²) in [5.41, 5.74) is 13.6. The molecule has 57 heavy (non-hydrogen) atoms. The number of aromatic nitrogens is 3. The smallest absolute Gasteiger partial charge is 0.235 e. The first-order valence-electron chi connectivity index (χ1n) is 20.3. The fourth-order valence-electron chi connectivity index (χ4n) is 9.35. The van der Waals surface area contributed by atoms with Gasteiger partial charge < -0.3 is 4.42 Å². The van der Waals surface area contributed by atoms with E-state index >= 15 is 0 Å². The first kappa shape index (κ1) is 34.0. The molecule has 0 radical (unpaired) electrons. The second kappa shape index (κ2) is 13.1. The van der Waals surface area contributed by atoms with Crippen molar-refractivity contribution in [3.05, 3.63) is 161 Å². The van der Waals surface area contributed by atoms with E-state index in [0.29, 0.717) is 17.8 Å². The molecule has 12 rings (SSSR count). The van der Waals surface area contributed by atoms with Gasteiger partial charge in [-0.15, -0.1) is 11.3 Å². The molecule has 2 atom stereocenters. The van der Waals surface area contributed by atoms with Gasteiger partial charge in [0.25, 0.3) is 0 Å². The summed E-state index contributed by atoms with van der Waals surface area (Å²) in [4.78, 5) is 11.1. The Morgan fingerprint density at radius 1 is 0.719 bits per heavy atom. The number of furan rings is 1. The fourth-order valence-corrected chi connectivity index (χ4v) is 10.5. The minimum Gasteiger partial charge on any atom is -0.456 e. The van der Waals surface area contributed by atoms with Crippen LogP contribution in [0.1, 0.15) is 68.0 Å². The van der Waals surface area contributed by atoms with Gasteiger partial charge in [0.1, 0.15) is 11.2 Å². The summed E-state index contributed by atoms with van der Waals surface area (Å²) >= 11 is 1.77. The zero-order chi connectivity index (χ0) is 38.4. The van der Waals surface area contributed by atoms with Gasteiger partial charge in [0.15, 0.2) is 0 Å². The van der Waals surface area contributed by atoms with Gasteiger partial charge in [0.05, 0.1) is 27.1 Å². The van der Waals surface area contributed by atoms with Crippen LogP contribution in [0.4, 0.5) is 0 Å². The van der Waals surface area contributed by atoms with Crippen LogP contribution in [0.25, 0.3) is 92.8 Å². The van der Waals surface area contributed by atoms with Crippen LogP contribution < -0.4 is 0 Å². The minimum atomic E-state index is 0.306. The molecule has 0 saturated carbocycles. The van der Waals surface area contributed by atoms with E-state index in [2.05, 4.69) is 158 Å². The van der Waals surface area contributed by atoms with Crippen molar-refractivity contribution in [1.82, 2.24) is 14.5 Å². The number of allylic oxidation sites excluding steroid dienone is 2. The highest BCUT2D eigenvalue weighted by Crippen LogP contribution is 2.48. The summed E-state index contributed by atoms with van der Waals surface area (Å²) in [6, 6.07) is 43.8. The van der Waals surface area contributed by atoms with E-state index in [9.17, 15) is 0 Å². The van der Waals surface area contributed by atoms with Gasteiger partial charge in [-0.2, -0.15) is 0 Å². The van der Waals surface area contributed by atoms with Gasteiger partial charge in [-0.3, -0.25) is 4.57 Å². The maximum Gasteiger partial charge on any atom is 0.235 e. The van der Waals surface area contributed by atoms with Gasteiger partial charge in [-0.1, -0.05) is 131 Å². The molecule has 10 aromatic rings. The lowest BCUT2D eigenvalue weighted by Crippen LogP contribution is -2.11. The molecule has 6 aromatic carbocycles. The van der Waals surface area contributed by atoms with Crippen molar-refractivity contribution < 1.29 is 4.42 Å². The molecule has 2 aliphatic rings. The molecule has 4 nitrogen and oxygen atoms in total. The second-order valence-electron chi connectivity index (χ2n) is 15.4. The van der Waals surface area contributed by atoms with Crippen molar-refractivity contribution in [2.24, 2.45) is 5.92 Å². The van der Waals surface area contributed by atoms with Crippen molar-refractivity contribution >= 4 is 86.9 Å². The predicted octanol–water partition coefficient (Wildman–Crippen LogP) is 14.7. The molecule has 276 valence electrons. The Kier molecular flexibility index (Phi) is 7.84. The Bertz CT molecular complexity index is 3300. The Morgan fingerprint density at radius 2 is 1.49 bits per heavy atom. The monoisotopic (exact) mass is 755 g/mol. The van der Waals surface area contributed by atoms with Crippen molar-refractivity contribution in [3.63, 3.8) is 0 Å². The SMILES string of the molecule is CC.CC1C=Cc2c(ccc3oc4ccc(C5=CCC(C)c6c5n(-c5nc(-c7ccccc7)c7sc8ccccc8c7n5)c5cc7ccccc7cc65)cc4c23)C1. The first-order chi connectivity index (χ1) is 28.1. The van der Waals surface area contributed by atoms with Crippen LogP contribution in [0.2, 0.25) is 0 Å². The Hall–Kier alpha value is -6.30. The second-order valence-corrected chi connectivity index (χ2v) is 16.5. The summed E-state index contributed by atoms with van der Waals surface area (Å²) in [6.07, 6.45) is 9.07. The third-order valence-corrected chi connectivity index (χ3v) is 13.1. The number of benzene rings is 6. The molecular weight excluding hydrogens is 715 g/mol. The third-order valence-electron chi connectivity index (χ3n) is 12.0. The van der Waals surface area contributed by atoms with Crippen LogP contribution >= 0.6 is 11.3 Å². The molecule has 0 saturated heterocycles. The quantitative estimate of drug-likeness (QED) is 0.180. The van der Waals surface area contributed by atoms with Crippen molar-refractivity contribution in [2.75, 3.05) is 0 Å². The van der Waals surface area contributed by atoms with Gasteiger partial charge in [0, 0.05) is 37.4 Å². The van der Waals surface area contributed by atoms with E-state index in [1.165, 1.54) is 59.8 Å². The molecule has 4 aromatic heterocycles. The molecule has 2 aliphatic carbocycles. The number of fused-ring (bicyclic) bond motifs is 12. The largest absolute Gasteiger partial charge is 0.456 e. The van der Waals surface area contributed by atoms with Crippen LogP contribution in [0.3, 0.4) is 0 Å². The van der Waals surface area contributed by atoms with Gasteiger partial charge in [-0.25, -0.2) is 9.97 Å². The Balaban J connectivity index is 0.00000184. The molecule has 0 fully saturated rings.